The molecule has 0 spiro atoms. The second-order valence-corrected chi connectivity index (χ2v) is 14.5. The van der Waals surface area contributed by atoms with Gasteiger partial charge in [-0.05, 0) is 78.3 Å². The van der Waals surface area contributed by atoms with Crippen molar-refractivity contribution in [3.8, 4) is 11.3 Å². The molecule has 5 heterocycles. The molecule has 1 fully saturated rings. The number of rotatable bonds is 11. The van der Waals surface area contributed by atoms with Crippen molar-refractivity contribution >= 4 is 23.4 Å². The third-order valence-electron chi connectivity index (χ3n) is 11.1. The van der Waals surface area contributed by atoms with Crippen molar-refractivity contribution in [2.75, 3.05) is 52.5 Å². The molecule has 0 unspecified atom stereocenters. The van der Waals surface area contributed by atoms with Gasteiger partial charge in [0.1, 0.15) is 0 Å². The van der Waals surface area contributed by atoms with Gasteiger partial charge >= 0.3 is 6.09 Å². The van der Waals surface area contributed by atoms with Crippen molar-refractivity contribution in [1.82, 2.24) is 24.0 Å². The lowest BCUT2D eigenvalue weighted by Gasteiger charge is -2.41. The Bertz CT molecular complexity index is 1920. The minimum absolute atomic E-state index is 0.0120. The van der Waals surface area contributed by atoms with Gasteiger partial charge in [0.25, 0.3) is 11.8 Å². The van der Waals surface area contributed by atoms with Crippen molar-refractivity contribution in [3.05, 3.63) is 100 Å². The highest BCUT2D eigenvalue weighted by Gasteiger charge is 2.35. The van der Waals surface area contributed by atoms with E-state index in [2.05, 4.69) is 43.0 Å². The van der Waals surface area contributed by atoms with Gasteiger partial charge in [0.2, 0.25) is 0 Å². The zero-order valence-corrected chi connectivity index (χ0v) is 30.6. The predicted octanol–water partition coefficient (Wildman–Crippen LogP) is 6.58. The molecule has 0 aliphatic carbocycles. The van der Waals surface area contributed by atoms with Crippen molar-refractivity contribution < 1.29 is 24.2 Å². The first-order chi connectivity index (χ1) is 25.4. The number of carbonyl (C=O) groups excluding carboxylic acids is 2. The van der Waals surface area contributed by atoms with Crippen LogP contribution >= 0.6 is 0 Å². The Morgan fingerprint density at radius 1 is 0.827 bits per heavy atom. The number of hydrogen-bond donors (Lipinski definition) is 1. The number of amides is 3. The number of morpholine rings is 1. The maximum absolute atomic E-state index is 15.2. The number of nitrogens with zero attached hydrogens (tertiary/aromatic N) is 5. The molecule has 3 amide bonds. The van der Waals surface area contributed by atoms with E-state index in [1.807, 2.05) is 56.8 Å². The summed E-state index contributed by atoms with van der Waals surface area (Å²) < 4.78 is 7.69. The summed E-state index contributed by atoms with van der Waals surface area (Å²) in [4.78, 5) is 49.5. The molecular weight excluding hydrogens is 654 g/mol. The van der Waals surface area contributed by atoms with Crippen LogP contribution in [0.5, 0.6) is 0 Å². The predicted molar refractivity (Wildman–Crippen MR) is 202 cm³/mol. The number of unbranched alkanes of at least 4 members (excludes halogenated alkanes) is 2. The Morgan fingerprint density at radius 3 is 2.29 bits per heavy atom. The number of aromatic nitrogens is 1. The topological polar surface area (TPSA) is 98.0 Å². The number of pyridine rings is 1. The average molecular weight is 706 g/mol. The molecule has 0 bridgehead atoms. The van der Waals surface area contributed by atoms with Gasteiger partial charge in [0.05, 0.1) is 30.0 Å². The summed E-state index contributed by atoms with van der Waals surface area (Å²) in [5.74, 6) is -0.0673. The average Bonchev–Trinajstić information content (AvgIpc) is 3.56. The lowest BCUT2D eigenvalue weighted by molar-refractivity contribution is 0.0193. The van der Waals surface area contributed by atoms with Crippen LogP contribution in [0.3, 0.4) is 0 Å². The van der Waals surface area contributed by atoms with Gasteiger partial charge in [-0.25, -0.2) is 4.79 Å². The zero-order valence-electron chi connectivity index (χ0n) is 30.6. The number of fused-ring (bicyclic) bond motifs is 3. The maximum Gasteiger partial charge on any atom is 0.407 e. The minimum atomic E-state index is -0.961. The van der Waals surface area contributed by atoms with Crippen LogP contribution in [0.1, 0.15) is 82.5 Å². The van der Waals surface area contributed by atoms with Gasteiger partial charge in [0.15, 0.2) is 0 Å². The fourth-order valence-electron chi connectivity index (χ4n) is 8.10. The number of ether oxygens (including phenoxy) is 1. The molecule has 2 aromatic heterocycles. The lowest BCUT2D eigenvalue weighted by atomic mass is 9.89. The summed E-state index contributed by atoms with van der Waals surface area (Å²) in [5.41, 5.74) is 7.83. The number of benzene rings is 2. The second kappa shape index (κ2) is 15.9. The SMILES string of the molecule is CCCCN(CCCC)C(=O)c1cc(-c2cc3c(cc2C(=O)N2Cc4ccccc4C[C@H]2CN2CCOCC2)CN(C(=O)O)CC3)n2ccccc12. The smallest absolute Gasteiger partial charge is 0.407 e. The number of carbonyl (C=O) groups is 3. The zero-order chi connectivity index (χ0) is 36.2. The van der Waals surface area contributed by atoms with Crippen LogP contribution in [0.4, 0.5) is 4.79 Å². The van der Waals surface area contributed by atoms with E-state index >= 15 is 4.79 Å². The Labute approximate surface area is 306 Å². The quantitative estimate of drug-likeness (QED) is 0.189. The molecule has 2 aromatic carbocycles. The summed E-state index contributed by atoms with van der Waals surface area (Å²) in [5, 5.41) is 9.89. The largest absolute Gasteiger partial charge is 0.465 e. The molecule has 3 aliphatic rings. The van der Waals surface area contributed by atoms with E-state index < -0.39 is 6.09 Å². The molecule has 0 radical (unpaired) electrons. The van der Waals surface area contributed by atoms with E-state index in [-0.39, 0.29) is 24.4 Å². The van der Waals surface area contributed by atoms with E-state index in [4.69, 9.17) is 4.74 Å². The monoisotopic (exact) mass is 705 g/mol. The summed E-state index contributed by atoms with van der Waals surface area (Å²) in [6.45, 7) is 10.6. The molecule has 10 nitrogen and oxygen atoms in total. The van der Waals surface area contributed by atoms with Crippen LogP contribution < -0.4 is 0 Å². The third kappa shape index (κ3) is 7.32. The first-order valence-corrected chi connectivity index (χ1v) is 19.1. The van der Waals surface area contributed by atoms with E-state index in [9.17, 15) is 14.7 Å². The molecular formula is C42H51N5O5. The van der Waals surface area contributed by atoms with Gasteiger partial charge in [-0.3, -0.25) is 14.5 Å². The molecule has 1 N–H and O–H groups in total. The first kappa shape index (κ1) is 35.7. The van der Waals surface area contributed by atoms with Gasteiger partial charge in [-0.15, -0.1) is 0 Å². The highest BCUT2D eigenvalue weighted by molar-refractivity contribution is 6.06. The Kier molecular flexibility index (Phi) is 10.9. The van der Waals surface area contributed by atoms with Crippen LogP contribution in [0.25, 0.3) is 16.8 Å². The molecule has 274 valence electrons. The fraction of sp³-hybridized carbons (Fsp3) is 0.452. The van der Waals surface area contributed by atoms with Gasteiger partial charge in [0, 0.05) is 75.7 Å². The second-order valence-electron chi connectivity index (χ2n) is 14.5. The first-order valence-electron chi connectivity index (χ1n) is 19.1. The van der Waals surface area contributed by atoms with E-state index in [1.165, 1.54) is 10.5 Å². The van der Waals surface area contributed by atoms with Gasteiger partial charge in [-0.2, -0.15) is 0 Å². The third-order valence-corrected chi connectivity index (χ3v) is 11.1. The maximum atomic E-state index is 15.2. The van der Waals surface area contributed by atoms with E-state index in [0.29, 0.717) is 56.9 Å². The molecule has 7 rings (SSSR count). The Balaban J connectivity index is 1.35. The molecule has 52 heavy (non-hydrogen) atoms. The normalized spacial score (nSPS) is 17.5. The highest BCUT2D eigenvalue weighted by Crippen LogP contribution is 2.36. The van der Waals surface area contributed by atoms with Crippen LogP contribution in [0.15, 0.2) is 66.9 Å². The van der Waals surface area contributed by atoms with Crippen molar-refractivity contribution in [1.29, 1.82) is 0 Å². The standard InChI is InChI=1S/C42H51N5O5/c1-3-5-15-44(16-6-4-2)40(48)37-26-39(46-17-10-9-13-38(37)46)35-24-31-14-18-45(42(50)51)27-33(31)25-36(35)41(49)47-28-32-12-8-7-11-30(32)23-34(47)29-43-19-21-52-22-20-43/h7-13,17,24-26,34H,3-6,14-16,18-23,27-29H2,1-2H3,(H,50,51)/t34-/m0/s1. The number of hydrogen-bond acceptors (Lipinski definition) is 5. The van der Waals surface area contributed by atoms with Gasteiger partial charge < -0.3 is 28.9 Å². The minimum Gasteiger partial charge on any atom is -0.465 e. The van der Waals surface area contributed by atoms with Crippen LogP contribution in [0.2, 0.25) is 0 Å². The summed E-state index contributed by atoms with van der Waals surface area (Å²) in [6, 6.07) is 20.2. The molecule has 10 heteroatoms. The summed E-state index contributed by atoms with van der Waals surface area (Å²) in [7, 11) is 0. The molecule has 3 aliphatic heterocycles. The Morgan fingerprint density at radius 2 is 1.56 bits per heavy atom. The summed E-state index contributed by atoms with van der Waals surface area (Å²) in [6.07, 6.45) is 6.21. The van der Waals surface area contributed by atoms with Crippen molar-refractivity contribution in [3.63, 3.8) is 0 Å². The van der Waals surface area contributed by atoms with Crippen LogP contribution in [0, 0.1) is 0 Å². The number of carboxylic acid groups (broad SMARTS) is 1. The lowest BCUT2D eigenvalue weighted by Crippen LogP contribution is -2.52. The molecule has 0 saturated carbocycles. The molecule has 4 aromatic rings. The van der Waals surface area contributed by atoms with Crippen molar-refractivity contribution in [2.24, 2.45) is 0 Å². The Hall–Kier alpha value is -4.67. The van der Waals surface area contributed by atoms with Crippen molar-refractivity contribution in [2.45, 2.75) is 71.5 Å². The van der Waals surface area contributed by atoms with Crippen LogP contribution in [-0.4, -0.2) is 106 Å². The highest BCUT2D eigenvalue weighted by atomic mass is 16.5. The van der Waals surface area contributed by atoms with Gasteiger partial charge in [-0.1, -0.05) is 57.0 Å². The van der Waals surface area contributed by atoms with Crippen LogP contribution in [-0.2, 0) is 30.7 Å². The molecule has 1 saturated heterocycles. The van der Waals surface area contributed by atoms with E-state index in [1.54, 1.807) is 0 Å². The molecule has 1 atom stereocenters. The van der Waals surface area contributed by atoms with E-state index in [0.717, 1.165) is 85.2 Å². The fourth-order valence-corrected chi connectivity index (χ4v) is 8.10. The summed E-state index contributed by atoms with van der Waals surface area (Å²) >= 11 is 0.